The number of nitrogens with zero attached hydrogens (tertiary/aromatic N) is 1. The van der Waals surface area contributed by atoms with Gasteiger partial charge in [-0.05, 0) is 81.2 Å². The van der Waals surface area contributed by atoms with E-state index in [2.05, 4.69) is 193 Å². The molecule has 1 nitrogen and oxygen atoms in total. The second-order valence-electron chi connectivity index (χ2n) is 12.1. The van der Waals surface area contributed by atoms with Gasteiger partial charge in [0, 0.05) is 36.9 Å². The van der Waals surface area contributed by atoms with Gasteiger partial charge in [-0.15, -0.1) is 11.3 Å². The standard InChI is InChI=1S/C46H31NS/c1-4-14-32(15-5-1)33-26-28-34(29-27-33)36-18-12-21-38(30-36)47(37-19-8-3-9-20-37)43-24-13-25-44-45(43)42-31-41(35-16-6-2-7-17-35)39-22-10-11-23-40(39)46(42)48-44/h1-31H. The highest BCUT2D eigenvalue weighted by Crippen LogP contribution is 2.48. The maximum absolute atomic E-state index is 2.42. The molecule has 1 aromatic heterocycles. The molecule has 1 heterocycles. The van der Waals surface area contributed by atoms with E-state index in [0.29, 0.717) is 0 Å². The maximum atomic E-state index is 2.42. The molecule has 0 aliphatic carbocycles. The van der Waals surface area contributed by atoms with E-state index >= 15 is 0 Å². The monoisotopic (exact) mass is 629 g/mol. The molecule has 48 heavy (non-hydrogen) atoms. The molecule has 0 bridgehead atoms. The normalized spacial score (nSPS) is 11.3. The van der Waals surface area contributed by atoms with E-state index in [4.69, 9.17) is 0 Å². The fraction of sp³-hybridized carbons (Fsp3) is 0. The van der Waals surface area contributed by atoms with Crippen LogP contribution in [0.15, 0.2) is 188 Å². The molecule has 8 aromatic carbocycles. The van der Waals surface area contributed by atoms with E-state index < -0.39 is 0 Å². The topological polar surface area (TPSA) is 3.24 Å². The first kappa shape index (κ1) is 28.3. The van der Waals surface area contributed by atoms with Crippen LogP contribution in [0.1, 0.15) is 0 Å². The van der Waals surface area contributed by atoms with Gasteiger partial charge in [-0.1, -0.05) is 146 Å². The van der Waals surface area contributed by atoms with Crippen molar-refractivity contribution in [3.8, 4) is 33.4 Å². The Bertz CT molecular complexity index is 2530. The molecule has 0 aliphatic heterocycles. The number of rotatable bonds is 6. The van der Waals surface area contributed by atoms with Crippen LogP contribution in [0.25, 0.3) is 64.3 Å². The zero-order chi connectivity index (χ0) is 31.9. The van der Waals surface area contributed by atoms with Crippen LogP contribution in [0.2, 0.25) is 0 Å². The highest BCUT2D eigenvalue weighted by molar-refractivity contribution is 7.26. The third-order valence-electron chi connectivity index (χ3n) is 9.25. The van der Waals surface area contributed by atoms with Gasteiger partial charge in [-0.3, -0.25) is 0 Å². The molecule has 0 atom stereocenters. The molecule has 0 unspecified atom stereocenters. The van der Waals surface area contributed by atoms with Crippen molar-refractivity contribution in [1.82, 2.24) is 0 Å². The Morgan fingerprint density at radius 2 is 0.896 bits per heavy atom. The lowest BCUT2D eigenvalue weighted by molar-refractivity contribution is 1.30. The number of anilines is 3. The fourth-order valence-corrected chi connectivity index (χ4v) is 8.23. The SMILES string of the molecule is c1ccc(-c2ccc(-c3cccc(N(c4ccccc4)c4cccc5sc6c7ccccc7c(-c7ccccc7)cc6c45)c3)cc2)cc1. The first-order chi connectivity index (χ1) is 23.8. The predicted octanol–water partition coefficient (Wildman–Crippen LogP) is 13.7. The van der Waals surface area contributed by atoms with Crippen molar-refractivity contribution < 1.29 is 0 Å². The molecular formula is C46H31NS. The summed E-state index contributed by atoms with van der Waals surface area (Å²) in [5.74, 6) is 0. The minimum atomic E-state index is 1.13. The second kappa shape index (κ2) is 12.0. The maximum Gasteiger partial charge on any atom is 0.0554 e. The van der Waals surface area contributed by atoms with Gasteiger partial charge in [0.25, 0.3) is 0 Å². The van der Waals surface area contributed by atoms with Crippen molar-refractivity contribution >= 4 is 59.3 Å². The van der Waals surface area contributed by atoms with Gasteiger partial charge in [-0.2, -0.15) is 0 Å². The Morgan fingerprint density at radius 1 is 0.354 bits per heavy atom. The summed E-state index contributed by atoms with van der Waals surface area (Å²) in [5.41, 5.74) is 10.8. The average Bonchev–Trinajstić information content (AvgIpc) is 3.56. The van der Waals surface area contributed by atoms with Crippen LogP contribution in [0.4, 0.5) is 17.1 Å². The van der Waals surface area contributed by atoms with Gasteiger partial charge in [0.2, 0.25) is 0 Å². The molecule has 0 saturated heterocycles. The zero-order valence-electron chi connectivity index (χ0n) is 26.3. The summed E-state index contributed by atoms with van der Waals surface area (Å²) in [5, 5.41) is 5.15. The Hall–Kier alpha value is -5.96. The van der Waals surface area contributed by atoms with Gasteiger partial charge in [-0.25, -0.2) is 0 Å². The Balaban J connectivity index is 1.25. The van der Waals surface area contributed by atoms with Gasteiger partial charge in [0.1, 0.15) is 0 Å². The van der Waals surface area contributed by atoms with Crippen molar-refractivity contribution in [3.05, 3.63) is 188 Å². The smallest absolute Gasteiger partial charge is 0.0554 e. The Morgan fingerprint density at radius 3 is 1.62 bits per heavy atom. The van der Waals surface area contributed by atoms with Crippen molar-refractivity contribution in [2.24, 2.45) is 0 Å². The van der Waals surface area contributed by atoms with Crippen LogP contribution in [0.3, 0.4) is 0 Å². The molecule has 0 amide bonds. The first-order valence-electron chi connectivity index (χ1n) is 16.4. The van der Waals surface area contributed by atoms with E-state index in [1.54, 1.807) is 0 Å². The molecule has 0 radical (unpaired) electrons. The molecule has 9 rings (SSSR count). The van der Waals surface area contributed by atoms with E-state index in [9.17, 15) is 0 Å². The van der Waals surface area contributed by atoms with Crippen molar-refractivity contribution in [2.75, 3.05) is 4.90 Å². The van der Waals surface area contributed by atoms with Crippen molar-refractivity contribution in [1.29, 1.82) is 0 Å². The molecule has 0 N–H and O–H groups in total. The van der Waals surface area contributed by atoms with Crippen LogP contribution >= 0.6 is 11.3 Å². The third kappa shape index (κ3) is 4.95. The van der Waals surface area contributed by atoms with Gasteiger partial charge in [0.15, 0.2) is 0 Å². The lowest BCUT2D eigenvalue weighted by atomic mass is 9.95. The number of benzene rings is 8. The second-order valence-corrected chi connectivity index (χ2v) is 13.2. The molecule has 0 spiro atoms. The minimum Gasteiger partial charge on any atom is -0.310 e. The van der Waals surface area contributed by atoms with Crippen LogP contribution in [0.5, 0.6) is 0 Å². The largest absolute Gasteiger partial charge is 0.310 e. The number of fused-ring (bicyclic) bond motifs is 5. The first-order valence-corrected chi connectivity index (χ1v) is 17.2. The van der Waals surface area contributed by atoms with Crippen molar-refractivity contribution in [3.63, 3.8) is 0 Å². The average molecular weight is 630 g/mol. The van der Waals surface area contributed by atoms with Gasteiger partial charge in [0.05, 0.1) is 5.69 Å². The minimum absolute atomic E-state index is 1.13. The van der Waals surface area contributed by atoms with Gasteiger partial charge >= 0.3 is 0 Å². The van der Waals surface area contributed by atoms with Crippen LogP contribution in [-0.4, -0.2) is 0 Å². The Kier molecular flexibility index (Phi) is 7.07. The summed E-state index contributed by atoms with van der Waals surface area (Å²) in [7, 11) is 0. The summed E-state index contributed by atoms with van der Waals surface area (Å²) in [6.45, 7) is 0. The van der Waals surface area contributed by atoms with Crippen LogP contribution in [0, 0.1) is 0 Å². The highest BCUT2D eigenvalue weighted by Gasteiger charge is 2.21. The third-order valence-corrected chi connectivity index (χ3v) is 10.5. The lowest BCUT2D eigenvalue weighted by Gasteiger charge is -2.27. The van der Waals surface area contributed by atoms with Crippen molar-refractivity contribution in [2.45, 2.75) is 0 Å². The number of para-hydroxylation sites is 1. The van der Waals surface area contributed by atoms with E-state index in [0.717, 1.165) is 11.4 Å². The highest BCUT2D eigenvalue weighted by atomic mass is 32.1. The molecule has 2 heteroatoms. The number of hydrogen-bond acceptors (Lipinski definition) is 2. The van der Waals surface area contributed by atoms with Crippen LogP contribution in [-0.2, 0) is 0 Å². The molecule has 0 saturated carbocycles. The molecule has 0 aliphatic rings. The summed E-state index contributed by atoms with van der Waals surface area (Å²) >= 11 is 1.89. The van der Waals surface area contributed by atoms with E-state index in [1.165, 1.54) is 70.0 Å². The molecule has 226 valence electrons. The summed E-state index contributed by atoms with van der Waals surface area (Å²) < 4.78 is 2.61. The zero-order valence-corrected chi connectivity index (χ0v) is 27.1. The molecular weight excluding hydrogens is 599 g/mol. The van der Waals surface area contributed by atoms with E-state index in [-0.39, 0.29) is 0 Å². The predicted molar refractivity (Wildman–Crippen MR) is 208 cm³/mol. The Labute approximate surface area is 284 Å². The fourth-order valence-electron chi connectivity index (χ4n) is 6.99. The number of hydrogen-bond donors (Lipinski definition) is 0. The summed E-state index contributed by atoms with van der Waals surface area (Å²) in [4.78, 5) is 2.42. The molecule has 9 aromatic rings. The van der Waals surface area contributed by atoms with Crippen LogP contribution < -0.4 is 4.90 Å². The molecule has 0 fully saturated rings. The lowest BCUT2D eigenvalue weighted by Crippen LogP contribution is -2.10. The summed E-state index contributed by atoms with van der Waals surface area (Å²) in [6, 6.07) is 68.0. The number of thiophene rings is 1. The van der Waals surface area contributed by atoms with E-state index in [1.807, 2.05) is 11.3 Å². The quantitative estimate of drug-likeness (QED) is 0.177. The summed E-state index contributed by atoms with van der Waals surface area (Å²) in [6.07, 6.45) is 0. The van der Waals surface area contributed by atoms with Gasteiger partial charge < -0.3 is 4.90 Å².